The van der Waals surface area contributed by atoms with Crippen LogP contribution in [0.25, 0.3) is 0 Å². The highest BCUT2D eigenvalue weighted by molar-refractivity contribution is 9.10. The number of benzene rings is 1. The van der Waals surface area contributed by atoms with E-state index in [0.717, 1.165) is 11.3 Å². The van der Waals surface area contributed by atoms with Crippen LogP contribution >= 0.6 is 15.9 Å². The number of nitrogens with one attached hydrogen (secondary N) is 1. The van der Waals surface area contributed by atoms with Crippen LogP contribution in [-0.2, 0) is 20.7 Å². The second kappa shape index (κ2) is 8.24. The Morgan fingerprint density at radius 3 is 2.72 bits per heavy atom. The van der Waals surface area contributed by atoms with Gasteiger partial charge in [0.05, 0.1) is 11.4 Å². The predicted molar refractivity (Wildman–Crippen MR) is 92.6 cm³/mol. The number of hydrogen-bond acceptors (Lipinski definition) is 5. The van der Waals surface area contributed by atoms with E-state index in [1.807, 2.05) is 0 Å². The summed E-state index contributed by atoms with van der Waals surface area (Å²) in [5.74, 6) is -1.06. The van der Waals surface area contributed by atoms with E-state index in [1.165, 1.54) is 19.1 Å². The lowest BCUT2D eigenvalue weighted by molar-refractivity contribution is -0.153. The standard InChI is InChI=1S/C17H18BrFN2O4/c1-9-13(10(2)25-21-9)5-7-16(22)24-11(3)17(23)20-15-6-4-12(18)8-14(15)19/h4,6,8,11H,5,7H2,1-3H3,(H,20,23)/t11-/m1/s1. The number of rotatable bonds is 6. The summed E-state index contributed by atoms with van der Waals surface area (Å²) in [6.07, 6.45) is -0.539. The predicted octanol–water partition coefficient (Wildman–Crippen LogP) is 3.70. The van der Waals surface area contributed by atoms with E-state index in [1.54, 1.807) is 19.9 Å². The number of hydrogen-bond donors (Lipinski definition) is 1. The smallest absolute Gasteiger partial charge is 0.306 e. The second-order valence-corrected chi connectivity index (χ2v) is 6.46. The molecule has 6 nitrogen and oxygen atoms in total. The van der Waals surface area contributed by atoms with Gasteiger partial charge < -0.3 is 14.6 Å². The summed E-state index contributed by atoms with van der Waals surface area (Å²) in [6.45, 7) is 4.99. The third-order valence-corrected chi connectivity index (χ3v) is 4.12. The lowest BCUT2D eigenvalue weighted by Gasteiger charge is -2.14. The van der Waals surface area contributed by atoms with Gasteiger partial charge in [-0.3, -0.25) is 9.59 Å². The van der Waals surface area contributed by atoms with Crippen molar-refractivity contribution in [1.29, 1.82) is 0 Å². The Balaban J connectivity index is 1.86. The average Bonchev–Trinajstić information content (AvgIpc) is 2.86. The molecule has 1 heterocycles. The SMILES string of the molecule is Cc1noc(C)c1CCC(=O)O[C@H](C)C(=O)Nc1ccc(Br)cc1F. The lowest BCUT2D eigenvalue weighted by Crippen LogP contribution is -2.30. The highest BCUT2D eigenvalue weighted by atomic mass is 79.9. The van der Waals surface area contributed by atoms with Crippen molar-refractivity contribution in [3.05, 3.63) is 45.5 Å². The second-order valence-electron chi connectivity index (χ2n) is 5.55. The van der Waals surface area contributed by atoms with Crippen LogP contribution in [0.15, 0.2) is 27.2 Å². The van der Waals surface area contributed by atoms with Crippen molar-refractivity contribution in [3.8, 4) is 0 Å². The van der Waals surface area contributed by atoms with Crippen LogP contribution in [0.5, 0.6) is 0 Å². The molecule has 0 spiro atoms. The molecule has 1 aromatic carbocycles. The van der Waals surface area contributed by atoms with Crippen LogP contribution in [0.3, 0.4) is 0 Å². The third-order valence-electron chi connectivity index (χ3n) is 3.63. The minimum Gasteiger partial charge on any atom is -0.453 e. The molecule has 0 unspecified atom stereocenters. The summed E-state index contributed by atoms with van der Waals surface area (Å²) < 4.78 is 24.4. The Morgan fingerprint density at radius 1 is 1.40 bits per heavy atom. The van der Waals surface area contributed by atoms with E-state index in [9.17, 15) is 14.0 Å². The van der Waals surface area contributed by atoms with Crippen molar-refractivity contribution in [2.45, 2.75) is 39.7 Å². The number of aromatic nitrogens is 1. The normalized spacial score (nSPS) is 11.9. The molecule has 0 fully saturated rings. The number of esters is 1. The lowest BCUT2D eigenvalue weighted by atomic mass is 10.1. The molecule has 0 aliphatic carbocycles. The number of carbonyl (C=O) groups excluding carboxylic acids is 2. The average molecular weight is 413 g/mol. The molecule has 1 N–H and O–H groups in total. The van der Waals surface area contributed by atoms with Crippen molar-refractivity contribution in [1.82, 2.24) is 5.16 Å². The van der Waals surface area contributed by atoms with Gasteiger partial charge in [0, 0.05) is 16.5 Å². The number of carbonyl (C=O) groups is 2. The van der Waals surface area contributed by atoms with Crippen LogP contribution in [0, 0.1) is 19.7 Å². The van der Waals surface area contributed by atoms with Crippen LogP contribution in [0.2, 0.25) is 0 Å². The fourth-order valence-corrected chi connectivity index (χ4v) is 2.55. The van der Waals surface area contributed by atoms with Gasteiger partial charge in [0.2, 0.25) is 0 Å². The topological polar surface area (TPSA) is 81.4 Å². The van der Waals surface area contributed by atoms with Gasteiger partial charge in [-0.15, -0.1) is 0 Å². The molecule has 0 radical (unpaired) electrons. The maximum atomic E-state index is 13.7. The van der Waals surface area contributed by atoms with Crippen molar-refractivity contribution in [2.24, 2.45) is 0 Å². The molecule has 0 aliphatic heterocycles. The Morgan fingerprint density at radius 2 is 2.12 bits per heavy atom. The Kier molecular flexibility index (Phi) is 6.30. The van der Waals surface area contributed by atoms with Crippen LogP contribution in [0.4, 0.5) is 10.1 Å². The number of ether oxygens (including phenoxy) is 1. The molecule has 0 bridgehead atoms. The molecule has 0 saturated carbocycles. The monoisotopic (exact) mass is 412 g/mol. The number of nitrogens with zero attached hydrogens (tertiary/aromatic N) is 1. The van der Waals surface area contributed by atoms with Crippen molar-refractivity contribution in [3.63, 3.8) is 0 Å². The van der Waals surface area contributed by atoms with Gasteiger partial charge in [-0.25, -0.2) is 4.39 Å². The quantitative estimate of drug-likeness (QED) is 0.731. The third kappa shape index (κ3) is 5.12. The minimum atomic E-state index is -1.04. The summed E-state index contributed by atoms with van der Waals surface area (Å²) in [4.78, 5) is 23.9. The molecule has 1 atom stereocenters. The first-order chi connectivity index (χ1) is 11.8. The first-order valence-corrected chi connectivity index (χ1v) is 8.44. The molecule has 134 valence electrons. The fourth-order valence-electron chi connectivity index (χ4n) is 2.22. The minimum absolute atomic E-state index is 0.0202. The van der Waals surface area contributed by atoms with E-state index in [2.05, 4.69) is 26.4 Å². The molecule has 1 aromatic heterocycles. The molecular formula is C17H18BrFN2O4. The molecule has 0 aliphatic rings. The largest absolute Gasteiger partial charge is 0.453 e. The molecule has 8 heteroatoms. The zero-order chi connectivity index (χ0) is 18.6. The van der Waals surface area contributed by atoms with Crippen molar-refractivity contribution < 1.29 is 23.2 Å². The highest BCUT2D eigenvalue weighted by Crippen LogP contribution is 2.20. The Bertz CT molecular complexity index is 771. The van der Waals surface area contributed by atoms with Gasteiger partial charge in [-0.05, 0) is 45.4 Å². The fraction of sp³-hybridized carbons (Fsp3) is 0.353. The van der Waals surface area contributed by atoms with Crippen LogP contribution in [0.1, 0.15) is 30.4 Å². The summed E-state index contributed by atoms with van der Waals surface area (Å²) in [7, 11) is 0. The molecule has 25 heavy (non-hydrogen) atoms. The molecule has 2 aromatic rings. The number of halogens is 2. The van der Waals surface area contributed by atoms with E-state index in [0.29, 0.717) is 16.7 Å². The first-order valence-electron chi connectivity index (χ1n) is 7.65. The number of amides is 1. The molecule has 0 saturated heterocycles. The Labute approximate surface area is 152 Å². The number of aryl methyl sites for hydroxylation is 2. The molecule has 2 rings (SSSR count). The van der Waals surface area contributed by atoms with Gasteiger partial charge in [0.1, 0.15) is 11.6 Å². The molecule has 1 amide bonds. The van der Waals surface area contributed by atoms with Gasteiger partial charge in [-0.2, -0.15) is 0 Å². The van der Waals surface area contributed by atoms with Crippen LogP contribution in [-0.4, -0.2) is 23.1 Å². The van der Waals surface area contributed by atoms with E-state index >= 15 is 0 Å². The summed E-state index contributed by atoms with van der Waals surface area (Å²) >= 11 is 3.13. The van der Waals surface area contributed by atoms with Crippen molar-refractivity contribution >= 4 is 33.5 Å². The van der Waals surface area contributed by atoms with Gasteiger partial charge in [-0.1, -0.05) is 21.1 Å². The van der Waals surface area contributed by atoms with Gasteiger partial charge in [0.15, 0.2) is 6.10 Å². The van der Waals surface area contributed by atoms with Crippen molar-refractivity contribution in [2.75, 3.05) is 5.32 Å². The van der Waals surface area contributed by atoms with Gasteiger partial charge in [0.25, 0.3) is 5.91 Å². The van der Waals surface area contributed by atoms with E-state index < -0.39 is 23.8 Å². The highest BCUT2D eigenvalue weighted by Gasteiger charge is 2.20. The van der Waals surface area contributed by atoms with Crippen LogP contribution < -0.4 is 5.32 Å². The van der Waals surface area contributed by atoms with Gasteiger partial charge >= 0.3 is 5.97 Å². The maximum Gasteiger partial charge on any atom is 0.306 e. The summed E-state index contributed by atoms with van der Waals surface area (Å²) in [5, 5.41) is 6.21. The van der Waals surface area contributed by atoms with E-state index in [-0.39, 0.29) is 12.1 Å². The summed E-state index contributed by atoms with van der Waals surface area (Å²) in [6, 6.07) is 4.25. The first kappa shape index (κ1) is 19.1. The number of anilines is 1. The summed E-state index contributed by atoms with van der Waals surface area (Å²) in [5.41, 5.74) is 1.60. The zero-order valence-corrected chi connectivity index (χ0v) is 15.6. The Hall–Kier alpha value is -2.22. The molecular weight excluding hydrogens is 395 g/mol. The van der Waals surface area contributed by atoms with E-state index in [4.69, 9.17) is 9.26 Å². The zero-order valence-electron chi connectivity index (χ0n) is 14.1. The maximum absolute atomic E-state index is 13.7.